The Kier molecular flexibility index (Phi) is 11.8. The molecule has 0 aromatic heterocycles. The van der Waals surface area contributed by atoms with E-state index in [1.807, 2.05) is 0 Å². The highest BCUT2D eigenvalue weighted by molar-refractivity contribution is 9.09. The highest BCUT2D eigenvalue weighted by atomic mass is 79.9. The summed E-state index contributed by atoms with van der Waals surface area (Å²) in [4.78, 5) is 0.143. The number of hydrogen-bond donors (Lipinski definition) is 0. The number of hydrogen-bond acceptors (Lipinski definition) is 1. The first-order valence-electron chi connectivity index (χ1n) is 6.07. The fourth-order valence-corrected chi connectivity index (χ4v) is 2.56. The lowest BCUT2D eigenvalue weighted by Gasteiger charge is -2.23. The Labute approximate surface area is 118 Å². The van der Waals surface area contributed by atoms with E-state index in [1.165, 1.54) is 25.7 Å². The van der Waals surface area contributed by atoms with Crippen LogP contribution in [0.5, 0.6) is 0 Å². The van der Waals surface area contributed by atoms with Gasteiger partial charge >= 0.3 is 0 Å². The Morgan fingerprint density at radius 3 is 2.31 bits per heavy atom. The Morgan fingerprint density at radius 2 is 1.81 bits per heavy atom. The smallest absolute Gasteiger partial charge is 0.0850 e. The number of alkyl halides is 3. The van der Waals surface area contributed by atoms with Crippen molar-refractivity contribution in [2.75, 3.05) is 11.8 Å². The van der Waals surface area contributed by atoms with Gasteiger partial charge < -0.3 is 4.74 Å². The Bertz CT molecular complexity index is 158. The van der Waals surface area contributed by atoms with Gasteiger partial charge in [0.25, 0.3) is 0 Å². The maximum atomic E-state index is 5.87. The van der Waals surface area contributed by atoms with Gasteiger partial charge in [0.2, 0.25) is 0 Å². The van der Waals surface area contributed by atoms with Crippen LogP contribution in [-0.4, -0.2) is 28.8 Å². The molecule has 0 rings (SSSR count). The van der Waals surface area contributed by atoms with Gasteiger partial charge in [0.1, 0.15) is 0 Å². The van der Waals surface area contributed by atoms with Crippen molar-refractivity contribution >= 4 is 39.1 Å². The standard InChI is InChI=1S/C12H23BrCl2O/c1-3-4-5-6-7-10(2)16-12(9-15)11(13)8-14/h10-12H,3-9H2,1-2H3. The average molecular weight is 334 g/mol. The van der Waals surface area contributed by atoms with Crippen LogP contribution in [0.2, 0.25) is 0 Å². The Hall–Kier alpha value is 1.02. The van der Waals surface area contributed by atoms with E-state index in [0.29, 0.717) is 11.8 Å². The van der Waals surface area contributed by atoms with E-state index in [0.717, 1.165) is 6.42 Å². The monoisotopic (exact) mass is 332 g/mol. The average Bonchev–Trinajstić information content (AvgIpc) is 2.30. The van der Waals surface area contributed by atoms with Gasteiger partial charge in [-0.3, -0.25) is 0 Å². The van der Waals surface area contributed by atoms with Gasteiger partial charge in [0.15, 0.2) is 0 Å². The molecule has 0 fully saturated rings. The molecule has 1 nitrogen and oxygen atoms in total. The zero-order valence-electron chi connectivity index (χ0n) is 10.2. The molecule has 0 aromatic rings. The summed E-state index contributed by atoms with van der Waals surface area (Å²) >= 11 is 15.1. The first-order valence-corrected chi connectivity index (χ1v) is 8.05. The van der Waals surface area contributed by atoms with Crippen LogP contribution >= 0.6 is 39.1 Å². The lowest BCUT2D eigenvalue weighted by molar-refractivity contribution is 0.00745. The van der Waals surface area contributed by atoms with Crippen LogP contribution in [0.25, 0.3) is 0 Å². The Balaban J connectivity index is 3.69. The number of rotatable bonds is 10. The highest BCUT2D eigenvalue weighted by Crippen LogP contribution is 2.17. The fraction of sp³-hybridized carbons (Fsp3) is 1.00. The molecule has 3 atom stereocenters. The minimum absolute atomic E-state index is 0.0142. The van der Waals surface area contributed by atoms with Crippen LogP contribution in [0.1, 0.15) is 46.0 Å². The summed E-state index contributed by atoms with van der Waals surface area (Å²) in [6, 6.07) is 0. The molecule has 0 aliphatic heterocycles. The van der Waals surface area contributed by atoms with Gasteiger partial charge in [-0.15, -0.1) is 23.2 Å². The topological polar surface area (TPSA) is 9.23 Å². The summed E-state index contributed by atoms with van der Waals surface area (Å²) in [7, 11) is 0. The molecule has 0 bridgehead atoms. The SMILES string of the molecule is CCCCCCC(C)OC(CCl)C(Br)CCl. The minimum Gasteiger partial charge on any atom is -0.373 e. The lowest BCUT2D eigenvalue weighted by atomic mass is 10.1. The van der Waals surface area contributed by atoms with Gasteiger partial charge in [0, 0.05) is 11.8 Å². The number of unbranched alkanes of at least 4 members (excludes halogenated alkanes) is 3. The van der Waals surface area contributed by atoms with Crippen molar-refractivity contribution in [2.45, 2.75) is 63.0 Å². The molecule has 0 amide bonds. The molecule has 0 aliphatic carbocycles. The van der Waals surface area contributed by atoms with E-state index in [-0.39, 0.29) is 17.0 Å². The van der Waals surface area contributed by atoms with Gasteiger partial charge in [-0.1, -0.05) is 48.5 Å². The maximum Gasteiger partial charge on any atom is 0.0850 e. The van der Waals surface area contributed by atoms with Crippen molar-refractivity contribution < 1.29 is 4.74 Å². The van der Waals surface area contributed by atoms with E-state index < -0.39 is 0 Å². The highest BCUT2D eigenvalue weighted by Gasteiger charge is 2.20. The molecule has 0 aromatic carbocycles. The molecule has 0 saturated heterocycles. The molecule has 0 aliphatic rings. The molecule has 3 unspecified atom stereocenters. The van der Waals surface area contributed by atoms with Crippen molar-refractivity contribution in [3.63, 3.8) is 0 Å². The van der Waals surface area contributed by atoms with E-state index >= 15 is 0 Å². The predicted molar refractivity (Wildman–Crippen MR) is 77.2 cm³/mol. The van der Waals surface area contributed by atoms with Gasteiger partial charge in [0.05, 0.1) is 17.0 Å². The predicted octanol–water partition coefficient (Wildman–Crippen LogP) is 4.97. The third-order valence-electron chi connectivity index (χ3n) is 2.57. The first kappa shape index (κ1) is 17.0. The molecule has 98 valence electrons. The molecular formula is C12H23BrCl2O. The molecule has 0 spiro atoms. The molecular weight excluding hydrogens is 311 g/mol. The zero-order chi connectivity index (χ0) is 12.4. The van der Waals surface area contributed by atoms with Crippen LogP contribution in [0, 0.1) is 0 Å². The van der Waals surface area contributed by atoms with E-state index in [4.69, 9.17) is 27.9 Å². The van der Waals surface area contributed by atoms with Crippen LogP contribution in [0.4, 0.5) is 0 Å². The van der Waals surface area contributed by atoms with Gasteiger partial charge in [-0.05, 0) is 13.3 Å². The van der Waals surface area contributed by atoms with Crippen molar-refractivity contribution in [3.05, 3.63) is 0 Å². The van der Waals surface area contributed by atoms with Crippen LogP contribution in [0.3, 0.4) is 0 Å². The summed E-state index contributed by atoms with van der Waals surface area (Å²) in [5, 5.41) is 0. The second-order valence-electron chi connectivity index (χ2n) is 4.16. The summed E-state index contributed by atoms with van der Waals surface area (Å²) in [5.74, 6) is 1.02. The second kappa shape index (κ2) is 11.1. The van der Waals surface area contributed by atoms with Crippen LogP contribution in [0.15, 0.2) is 0 Å². The number of ether oxygens (including phenoxy) is 1. The molecule has 0 saturated carbocycles. The summed E-state index contributed by atoms with van der Waals surface area (Å²) < 4.78 is 5.87. The summed E-state index contributed by atoms with van der Waals surface area (Å²) in [6.07, 6.45) is 6.50. The first-order chi connectivity index (χ1) is 7.65. The molecule has 0 radical (unpaired) electrons. The van der Waals surface area contributed by atoms with Crippen molar-refractivity contribution in [3.8, 4) is 0 Å². The molecule has 0 heterocycles. The third kappa shape index (κ3) is 8.16. The van der Waals surface area contributed by atoms with Crippen molar-refractivity contribution in [1.82, 2.24) is 0 Å². The zero-order valence-corrected chi connectivity index (χ0v) is 13.3. The quantitative estimate of drug-likeness (QED) is 0.405. The molecule has 4 heteroatoms. The van der Waals surface area contributed by atoms with Crippen molar-refractivity contribution in [1.29, 1.82) is 0 Å². The van der Waals surface area contributed by atoms with E-state index in [2.05, 4.69) is 29.8 Å². The van der Waals surface area contributed by atoms with Crippen molar-refractivity contribution in [2.24, 2.45) is 0 Å². The van der Waals surface area contributed by atoms with E-state index in [9.17, 15) is 0 Å². The normalized spacial score (nSPS) is 17.1. The third-order valence-corrected chi connectivity index (χ3v) is 4.50. The lowest BCUT2D eigenvalue weighted by Crippen LogP contribution is -2.31. The van der Waals surface area contributed by atoms with Crippen LogP contribution < -0.4 is 0 Å². The molecule has 16 heavy (non-hydrogen) atoms. The Morgan fingerprint density at radius 1 is 1.12 bits per heavy atom. The summed E-state index contributed by atoms with van der Waals surface area (Å²) in [6.45, 7) is 4.33. The van der Waals surface area contributed by atoms with Crippen LogP contribution in [-0.2, 0) is 4.74 Å². The fourth-order valence-electron chi connectivity index (χ4n) is 1.54. The van der Waals surface area contributed by atoms with Gasteiger partial charge in [-0.2, -0.15) is 0 Å². The molecule has 0 N–H and O–H groups in total. The van der Waals surface area contributed by atoms with E-state index in [1.54, 1.807) is 0 Å². The minimum atomic E-state index is 0.0142. The maximum absolute atomic E-state index is 5.87. The van der Waals surface area contributed by atoms with Gasteiger partial charge in [-0.25, -0.2) is 0 Å². The largest absolute Gasteiger partial charge is 0.373 e. The second-order valence-corrected chi connectivity index (χ2v) is 5.95. The summed E-state index contributed by atoms with van der Waals surface area (Å²) in [5.41, 5.74) is 0. The number of halogens is 3.